The minimum Gasteiger partial charge on any atom is -0.473 e. The molecular formula is C21H22N6O. The number of aromatic nitrogens is 5. The highest BCUT2D eigenvalue weighted by molar-refractivity contribution is 5.56. The Morgan fingerprint density at radius 1 is 1.07 bits per heavy atom. The number of hydrogen-bond acceptors (Lipinski definition) is 6. The molecule has 0 amide bonds. The Labute approximate surface area is 163 Å². The number of H-pyrrole nitrogens is 1. The average Bonchev–Trinajstić information content (AvgIpc) is 3.35. The SMILES string of the molecule is C1=C\Cc2cc(ccn2)Nc2cc([nH]n2)[C@H]2CC[C@H](C2)Oc2cc(cnn2)C/1. The van der Waals surface area contributed by atoms with Gasteiger partial charge in [0.1, 0.15) is 6.10 Å². The minimum absolute atomic E-state index is 0.159. The van der Waals surface area contributed by atoms with E-state index < -0.39 is 0 Å². The van der Waals surface area contributed by atoms with Crippen molar-refractivity contribution in [1.29, 1.82) is 0 Å². The molecule has 7 heteroatoms. The van der Waals surface area contributed by atoms with Gasteiger partial charge in [0.05, 0.1) is 6.20 Å². The van der Waals surface area contributed by atoms with Gasteiger partial charge in [-0.1, -0.05) is 12.2 Å². The first-order valence-electron chi connectivity index (χ1n) is 9.72. The Bertz CT molecular complexity index is 998. The molecule has 0 aromatic carbocycles. The molecule has 8 bridgehead atoms. The molecule has 142 valence electrons. The molecule has 0 unspecified atom stereocenters. The largest absolute Gasteiger partial charge is 0.473 e. The summed E-state index contributed by atoms with van der Waals surface area (Å²) in [4.78, 5) is 4.45. The summed E-state index contributed by atoms with van der Waals surface area (Å²) >= 11 is 0. The number of pyridine rings is 1. The highest BCUT2D eigenvalue weighted by Crippen LogP contribution is 2.36. The van der Waals surface area contributed by atoms with E-state index in [1.807, 2.05) is 18.3 Å². The Morgan fingerprint density at radius 3 is 3.04 bits per heavy atom. The monoisotopic (exact) mass is 374 g/mol. The standard InChI is InChI=1S/C21H22N6O/c1-2-4-16-11-17(7-8-22-16)24-20-12-19(25-26-20)15-5-6-18(10-15)28-21-9-14(3-1)13-23-27-21/h1-2,7-9,11-13,15,18H,3-6,10H2,(H2,24,25,26)/b2-1-/t15-,18+/m0/s1. The lowest BCUT2D eigenvalue weighted by Gasteiger charge is -2.13. The van der Waals surface area contributed by atoms with E-state index in [9.17, 15) is 0 Å². The van der Waals surface area contributed by atoms with Crippen LogP contribution in [0.3, 0.4) is 0 Å². The molecule has 7 nitrogen and oxygen atoms in total. The van der Waals surface area contributed by atoms with Crippen molar-refractivity contribution in [1.82, 2.24) is 25.4 Å². The van der Waals surface area contributed by atoms with E-state index in [1.165, 1.54) is 0 Å². The van der Waals surface area contributed by atoms with Crippen molar-refractivity contribution in [3.05, 3.63) is 65.8 Å². The highest BCUT2D eigenvalue weighted by atomic mass is 16.5. The topological polar surface area (TPSA) is 88.6 Å². The van der Waals surface area contributed by atoms with Gasteiger partial charge in [0.25, 0.3) is 0 Å². The number of hydrogen-bond donors (Lipinski definition) is 2. The van der Waals surface area contributed by atoms with Crippen LogP contribution < -0.4 is 10.1 Å². The van der Waals surface area contributed by atoms with Crippen molar-refractivity contribution in [2.75, 3.05) is 5.32 Å². The second kappa shape index (κ2) is 7.42. The fraction of sp³-hybridized carbons (Fsp3) is 0.333. The summed E-state index contributed by atoms with van der Waals surface area (Å²) in [5, 5.41) is 19.3. The van der Waals surface area contributed by atoms with E-state index in [0.29, 0.717) is 11.8 Å². The first kappa shape index (κ1) is 16.9. The van der Waals surface area contributed by atoms with Gasteiger partial charge in [0, 0.05) is 47.7 Å². The van der Waals surface area contributed by atoms with Gasteiger partial charge in [0.15, 0.2) is 5.82 Å². The smallest absolute Gasteiger partial charge is 0.233 e. The normalized spacial score (nSPS) is 22.4. The van der Waals surface area contributed by atoms with Crippen LogP contribution in [0.2, 0.25) is 0 Å². The number of rotatable bonds is 0. The molecule has 2 N–H and O–H groups in total. The first-order valence-corrected chi connectivity index (χ1v) is 9.72. The molecule has 4 heterocycles. The molecular weight excluding hydrogens is 352 g/mol. The average molecular weight is 374 g/mol. The minimum atomic E-state index is 0.159. The maximum atomic E-state index is 6.12. The fourth-order valence-corrected chi connectivity index (χ4v) is 3.90. The number of fused-ring (bicyclic) bond motifs is 9. The van der Waals surface area contributed by atoms with Crippen LogP contribution in [0.5, 0.6) is 5.88 Å². The lowest BCUT2D eigenvalue weighted by Crippen LogP contribution is -2.13. The van der Waals surface area contributed by atoms with E-state index in [2.05, 4.69) is 55.0 Å². The summed E-state index contributed by atoms with van der Waals surface area (Å²) in [6.07, 6.45) is 12.6. The van der Waals surface area contributed by atoms with Crippen molar-refractivity contribution >= 4 is 11.5 Å². The zero-order chi connectivity index (χ0) is 18.8. The van der Waals surface area contributed by atoms with E-state index in [4.69, 9.17) is 4.74 Å². The Hall–Kier alpha value is -3.22. The van der Waals surface area contributed by atoms with Crippen LogP contribution in [-0.2, 0) is 12.8 Å². The summed E-state index contributed by atoms with van der Waals surface area (Å²) in [6.45, 7) is 0. The molecule has 0 spiro atoms. The van der Waals surface area contributed by atoms with Gasteiger partial charge in [-0.25, -0.2) is 0 Å². The molecule has 1 fully saturated rings. The number of nitrogens with zero attached hydrogens (tertiary/aromatic N) is 4. The Morgan fingerprint density at radius 2 is 2.04 bits per heavy atom. The molecule has 1 aliphatic heterocycles. The number of nitrogens with one attached hydrogen (secondary N) is 2. The summed E-state index contributed by atoms with van der Waals surface area (Å²) in [6, 6.07) is 8.11. The van der Waals surface area contributed by atoms with Crippen molar-refractivity contribution in [3.63, 3.8) is 0 Å². The van der Waals surface area contributed by atoms with E-state index in [0.717, 1.165) is 60.6 Å². The number of ether oxygens (including phenoxy) is 1. The Balaban J connectivity index is 1.45. The maximum absolute atomic E-state index is 6.12. The number of aromatic amines is 1. The molecule has 0 saturated heterocycles. The van der Waals surface area contributed by atoms with Crippen molar-refractivity contribution in [2.45, 2.75) is 44.1 Å². The van der Waals surface area contributed by atoms with Crippen molar-refractivity contribution in [3.8, 4) is 5.88 Å². The maximum Gasteiger partial charge on any atom is 0.233 e. The molecule has 5 rings (SSSR count). The summed E-state index contributed by atoms with van der Waals surface area (Å²) in [7, 11) is 0. The molecule has 0 radical (unpaired) electrons. The fourth-order valence-electron chi connectivity index (χ4n) is 3.90. The second-order valence-corrected chi connectivity index (χ2v) is 7.40. The van der Waals surface area contributed by atoms with Crippen LogP contribution in [0, 0.1) is 0 Å². The van der Waals surface area contributed by atoms with Crippen LogP contribution in [0.1, 0.15) is 42.1 Å². The summed E-state index contributed by atoms with van der Waals surface area (Å²) in [5.74, 6) is 1.85. The van der Waals surface area contributed by atoms with Crippen LogP contribution in [-0.4, -0.2) is 31.5 Å². The number of allylic oxidation sites excluding steroid dienone is 2. The molecule has 2 atom stereocenters. The van der Waals surface area contributed by atoms with Gasteiger partial charge >= 0.3 is 0 Å². The molecule has 1 saturated carbocycles. The van der Waals surface area contributed by atoms with Gasteiger partial charge < -0.3 is 10.1 Å². The third kappa shape index (κ3) is 3.74. The highest BCUT2D eigenvalue weighted by Gasteiger charge is 2.29. The van der Waals surface area contributed by atoms with Crippen molar-refractivity contribution in [2.24, 2.45) is 0 Å². The van der Waals surface area contributed by atoms with Gasteiger partial charge in [0.2, 0.25) is 5.88 Å². The van der Waals surface area contributed by atoms with Gasteiger partial charge in [-0.15, -0.1) is 5.10 Å². The van der Waals surface area contributed by atoms with Crippen LogP contribution in [0.4, 0.5) is 11.5 Å². The zero-order valence-electron chi connectivity index (χ0n) is 15.5. The van der Waals surface area contributed by atoms with Crippen molar-refractivity contribution < 1.29 is 4.74 Å². The number of anilines is 2. The summed E-state index contributed by atoms with van der Waals surface area (Å²) < 4.78 is 6.12. The first-order chi connectivity index (χ1) is 13.8. The molecule has 3 aromatic rings. The van der Waals surface area contributed by atoms with Crippen LogP contribution >= 0.6 is 0 Å². The quantitative estimate of drug-likeness (QED) is 0.583. The predicted octanol–water partition coefficient (Wildman–Crippen LogP) is 3.71. The molecule has 28 heavy (non-hydrogen) atoms. The van der Waals surface area contributed by atoms with E-state index in [-0.39, 0.29) is 6.10 Å². The lowest BCUT2D eigenvalue weighted by molar-refractivity contribution is 0.197. The zero-order valence-corrected chi connectivity index (χ0v) is 15.5. The van der Waals surface area contributed by atoms with E-state index >= 15 is 0 Å². The Kier molecular flexibility index (Phi) is 4.48. The molecule has 1 aliphatic carbocycles. The van der Waals surface area contributed by atoms with E-state index in [1.54, 1.807) is 6.20 Å². The molecule has 3 aromatic heterocycles. The third-order valence-corrected chi connectivity index (χ3v) is 5.33. The molecule has 2 aliphatic rings. The van der Waals surface area contributed by atoms with Gasteiger partial charge in [-0.05, 0) is 43.4 Å². The lowest BCUT2D eigenvalue weighted by atomic mass is 10.0. The summed E-state index contributed by atoms with van der Waals surface area (Å²) in [5.41, 5.74) is 4.24. The van der Waals surface area contributed by atoms with Crippen LogP contribution in [0.15, 0.2) is 48.8 Å². The second-order valence-electron chi connectivity index (χ2n) is 7.40. The third-order valence-electron chi connectivity index (χ3n) is 5.33. The van der Waals surface area contributed by atoms with Gasteiger partial charge in [-0.3, -0.25) is 10.1 Å². The predicted molar refractivity (Wildman–Crippen MR) is 106 cm³/mol. The van der Waals surface area contributed by atoms with Gasteiger partial charge in [-0.2, -0.15) is 10.2 Å². The van der Waals surface area contributed by atoms with Crippen LogP contribution in [0.25, 0.3) is 0 Å².